The van der Waals surface area contributed by atoms with E-state index in [1.807, 2.05) is 0 Å². The van der Waals surface area contributed by atoms with E-state index < -0.39 is 27.3 Å². The number of carboxylic acids is 1. The zero-order valence-electron chi connectivity index (χ0n) is 8.84. The molecule has 1 heterocycles. The van der Waals surface area contributed by atoms with Gasteiger partial charge >= 0.3 is 11.7 Å². The normalized spacial score (nSPS) is 18.7. The van der Waals surface area contributed by atoms with Gasteiger partial charge in [-0.15, -0.1) is 11.8 Å². The molecular weight excluding hydrogens is 307 g/mol. The third kappa shape index (κ3) is 3.27. The monoisotopic (exact) mass is 314 g/mol. The molecule has 0 radical (unpaired) electrons. The number of rotatable bonds is 3. The first-order chi connectivity index (χ1) is 8.36. The molecule has 100 valence electrons. The van der Waals surface area contributed by atoms with Gasteiger partial charge in [-0.2, -0.15) is 0 Å². The number of carbonyl (C=O) groups is 2. The molecule has 0 atom stereocenters. The fourth-order valence-electron chi connectivity index (χ4n) is 1.34. The van der Waals surface area contributed by atoms with Crippen LogP contribution in [0.15, 0.2) is 10.7 Å². The Balaban J connectivity index is 3.22. The largest absolute Gasteiger partial charge is 0.473 e. The summed E-state index contributed by atoms with van der Waals surface area (Å²) in [4.78, 5) is 31.8. The molecule has 0 saturated carbocycles. The molecule has 10 heteroatoms. The SMILES string of the molecule is O=C(O)C(=C1SCCCN1C(=O)C(Cl)Cl)[N+](=O)[O-]. The number of hydrogen-bond acceptors (Lipinski definition) is 5. The van der Waals surface area contributed by atoms with Gasteiger partial charge < -0.3 is 5.11 Å². The minimum Gasteiger partial charge on any atom is -0.473 e. The van der Waals surface area contributed by atoms with Crippen molar-refractivity contribution in [3.63, 3.8) is 0 Å². The number of amides is 1. The minimum absolute atomic E-state index is 0.154. The standard InChI is InChI=1S/C8H8Cl2N2O5S/c9-5(10)6(13)11-2-1-3-18-7(11)4(8(14)15)12(16)17/h5H,1-3H2,(H,14,15). The number of carbonyl (C=O) groups excluding carboxylic acids is 1. The average Bonchev–Trinajstić information content (AvgIpc) is 2.27. The Kier molecular flexibility index (Phi) is 5.24. The summed E-state index contributed by atoms with van der Waals surface area (Å²) in [5.74, 6) is -1.98. The van der Waals surface area contributed by atoms with Gasteiger partial charge in [-0.3, -0.25) is 19.8 Å². The van der Waals surface area contributed by atoms with E-state index in [0.29, 0.717) is 12.2 Å². The second-order valence-electron chi connectivity index (χ2n) is 3.21. The molecule has 0 spiro atoms. The number of alkyl halides is 2. The number of hydrogen-bond donors (Lipinski definition) is 1. The summed E-state index contributed by atoms with van der Waals surface area (Å²) in [6.07, 6.45) is 0.574. The molecule has 1 N–H and O–H groups in total. The highest BCUT2D eigenvalue weighted by atomic mass is 35.5. The van der Waals surface area contributed by atoms with Crippen molar-refractivity contribution in [1.82, 2.24) is 4.90 Å². The average molecular weight is 315 g/mol. The van der Waals surface area contributed by atoms with Gasteiger partial charge in [0.2, 0.25) is 0 Å². The number of carboxylic acid groups (broad SMARTS) is 1. The van der Waals surface area contributed by atoms with E-state index in [9.17, 15) is 19.7 Å². The lowest BCUT2D eigenvalue weighted by Crippen LogP contribution is -2.38. The first-order valence-electron chi connectivity index (χ1n) is 4.70. The van der Waals surface area contributed by atoms with Gasteiger partial charge in [0.05, 0.1) is 4.92 Å². The molecule has 1 aliphatic rings. The Hall–Kier alpha value is -0.990. The maximum absolute atomic E-state index is 11.7. The van der Waals surface area contributed by atoms with Gasteiger partial charge in [0.1, 0.15) is 0 Å². The number of nitro groups is 1. The first-order valence-corrected chi connectivity index (χ1v) is 6.56. The second kappa shape index (κ2) is 6.26. The highest BCUT2D eigenvalue weighted by Crippen LogP contribution is 2.31. The molecule has 1 fully saturated rings. The van der Waals surface area contributed by atoms with Crippen molar-refractivity contribution >= 4 is 46.8 Å². The predicted molar refractivity (Wildman–Crippen MR) is 65.9 cm³/mol. The maximum atomic E-state index is 11.7. The number of aliphatic carboxylic acids is 1. The Morgan fingerprint density at radius 2 is 2.11 bits per heavy atom. The van der Waals surface area contributed by atoms with Gasteiger partial charge in [0.25, 0.3) is 5.91 Å². The van der Waals surface area contributed by atoms with Crippen LogP contribution in [0.3, 0.4) is 0 Å². The molecule has 0 unspecified atom stereocenters. The lowest BCUT2D eigenvalue weighted by Gasteiger charge is -2.28. The molecule has 1 amide bonds. The Morgan fingerprint density at radius 3 is 2.56 bits per heavy atom. The van der Waals surface area contributed by atoms with Crippen LogP contribution in [0.5, 0.6) is 0 Å². The molecule has 1 saturated heterocycles. The minimum atomic E-state index is -1.71. The zero-order valence-corrected chi connectivity index (χ0v) is 11.2. The predicted octanol–water partition coefficient (Wildman–Crippen LogP) is 1.29. The Labute approximate surface area is 116 Å². The van der Waals surface area contributed by atoms with Crippen molar-refractivity contribution in [3.8, 4) is 0 Å². The smallest absolute Gasteiger partial charge is 0.410 e. The van der Waals surface area contributed by atoms with Crippen LogP contribution in [0.4, 0.5) is 0 Å². The van der Waals surface area contributed by atoms with Crippen LogP contribution in [-0.4, -0.2) is 43.9 Å². The number of nitrogens with zero attached hydrogens (tertiary/aromatic N) is 2. The Bertz CT molecular complexity index is 410. The van der Waals surface area contributed by atoms with Crippen molar-refractivity contribution in [2.75, 3.05) is 12.3 Å². The molecule has 0 aromatic rings. The van der Waals surface area contributed by atoms with Gasteiger partial charge in [-0.25, -0.2) is 4.79 Å². The van der Waals surface area contributed by atoms with E-state index in [-0.39, 0.29) is 11.6 Å². The topological polar surface area (TPSA) is 101 Å². The van der Waals surface area contributed by atoms with Crippen LogP contribution in [0.2, 0.25) is 0 Å². The quantitative estimate of drug-likeness (QED) is 0.364. The molecule has 0 aromatic heterocycles. The summed E-state index contributed by atoms with van der Waals surface area (Å²) in [6, 6.07) is 0. The van der Waals surface area contributed by atoms with Gasteiger partial charge in [-0.1, -0.05) is 23.2 Å². The molecule has 1 aliphatic heterocycles. The van der Waals surface area contributed by atoms with Gasteiger partial charge in [-0.05, 0) is 6.42 Å². The summed E-state index contributed by atoms with van der Waals surface area (Å²) < 4.78 is 0. The van der Waals surface area contributed by atoms with Crippen molar-refractivity contribution in [2.45, 2.75) is 11.3 Å². The molecule has 18 heavy (non-hydrogen) atoms. The number of halogens is 2. The van der Waals surface area contributed by atoms with Crippen LogP contribution in [0.25, 0.3) is 0 Å². The maximum Gasteiger partial charge on any atom is 0.410 e. The van der Waals surface area contributed by atoms with E-state index in [4.69, 9.17) is 28.3 Å². The van der Waals surface area contributed by atoms with E-state index >= 15 is 0 Å². The van der Waals surface area contributed by atoms with Crippen molar-refractivity contribution in [3.05, 3.63) is 20.8 Å². The summed E-state index contributed by atoms with van der Waals surface area (Å²) >= 11 is 11.8. The van der Waals surface area contributed by atoms with E-state index in [1.54, 1.807) is 0 Å². The third-order valence-electron chi connectivity index (χ3n) is 2.05. The lowest BCUT2D eigenvalue weighted by atomic mass is 10.3. The molecule has 1 rings (SSSR count). The summed E-state index contributed by atoms with van der Waals surface area (Å²) in [6.45, 7) is 0.154. The molecule has 0 bridgehead atoms. The van der Waals surface area contributed by atoms with Crippen LogP contribution < -0.4 is 0 Å². The summed E-state index contributed by atoms with van der Waals surface area (Å²) in [5.41, 5.74) is -1.04. The van der Waals surface area contributed by atoms with Crippen LogP contribution in [-0.2, 0) is 9.59 Å². The van der Waals surface area contributed by atoms with Crippen LogP contribution in [0, 0.1) is 10.1 Å². The van der Waals surface area contributed by atoms with Crippen molar-refractivity contribution in [1.29, 1.82) is 0 Å². The highest BCUT2D eigenvalue weighted by Gasteiger charge is 2.36. The molecular formula is C8H8Cl2N2O5S. The van der Waals surface area contributed by atoms with E-state index in [2.05, 4.69) is 0 Å². The lowest BCUT2D eigenvalue weighted by molar-refractivity contribution is -0.422. The van der Waals surface area contributed by atoms with Gasteiger partial charge in [0, 0.05) is 12.3 Å². The van der Waals surface area contributed by atoms with E-state index in [1.165, 1.54) is 0 Å². The molecule has 0 aliphatic carbocycles. The third-order valence-corrected chi connectivity index (χ3v) is 3.60. The first kappa shape index (κ1) is 15.1. The molecule has 0 aromatic carbocycles. The van der Waals surface area contributed by atoms with Crippen molar-refractivity contribution < 1.29 is 19.6 Å². The fraction of sp³-hybridized carbons (Fsp3) is 0.500. The summed E-state index contributed by atoms with van der Waals surface area (Å²) in [5, 5.41) is 19.3. The second-order valence-corrected chi connectivity index (χ2v) is 5.39. The highest BCUT2D eigenvalue weighted by molar-refractivity contribution is 8.03. The zero-order chi connectivity index (χ0) is 13.9. The number of thioether (sulfide) groups is 1. The molecule has 7 nitrogen and oxygen atoms in total. The van der Waals surface area contributed by atoms with Crippen LogP contribution >= 0.6 is 35.0 Å². The Morgan fingerprint density at radius 1 is 1.50 bits per heavy atom. The van der Waals surface area contributed by atoms with Gasteiger partial charge in [0.15, 0.2) is 9.87 Å². The van der Waals surface area contributed by atoms with E-state index in [0.717, 1.165) is 16.7 Å². The van der Waals surface area contributed by atoms with Crippen LogP contribution in [0.1, 0.15) is 6.42 Å². The summed E-state index contributed by atoms with van der Waals surface area (Å²) in [7, 11) is 0. The van der Waals surface area contributed by atoms with Crippen molar-refractivity contribution in [2.24, 2.45) is 0 Å². The fourth-order valence-corrected chi connectivity index (χ4v) is 2.68.